The maximum absolute atomic E-state index is 13.7. The van der Waals surface area contributed by atoms with Gasteiger partial charge in [-0.25, -0.2) is 4.39 Å². The number of halogens is 1. The first-order valence-corrected chi connectivity index (χ1v) is 9.76. The summed E-state index contributed by atoms with van der Waals surface area (Å²) in [5.74, 6) is -0.767. The van der Waals surface area contributed by atoms with Crippen molar-refractivity contribution in [3.8, 4) is 5.75 Å². The fourth-order valence-electron chi connectivity index (χ4n) is 3.53. The molecular formula is C22H26FN3O3. The van der Waals surface area contributed by atoms with Crippen molar-refractivity contribution in [2.45, 2.75) is 18.9 Å². The van der Waals surface area contributed by atoms with Crippen LogP contribution in [0.1, 0.15) is 34.8 Å². The van der Waals surface area contributed by atoms with Gasteiger partial charge in [-0.3, -0.25) is 14.5 Å². The van der Waals surface area contributed by atoms with Gasteiger partial charge in [-0.1, -0.05) is 24.3 Å². The lowest BCUT2D eigenvalue weighted by molar-refractivity contribution is -0.120. The van der Waals surface area contributed by atoms with Gasteiger partial charge in [0.1, 0.15) is 11.6 Å². The first kappa shape index (κ1) is 20.8. The zero-order valence-electron chi connectivity index (χ0n) is 16.5. The van der Waals surface area contributed by atoms with Crippen LogP contribution in [-0.4, -0.2) is 50.0 Å². The summed E-state index contributed by atoms with van der Waals surface area (Å²) in [6.07, 6.45) is 2.26. The zero-order valence-corrected chi connectivity index (χ0v) is 16.5. The van der Waals surface area contributed by atoms with E-state index in [2.05, 4.69) is 15.5 Å². The Bertz CT molecular complexity index is 853. The van der Waals surface area contributed by atoms with E-state index in [0.29, 0.717) is 6.54 Å². The van der Waals surface area contributed by atoms with Crippen LogP contribution in [0.2, 0.25) is 0 Å². The van der Waals surface area contributed by atoms with Crippen LogP contribution in [0.25, 0.3) is 0 Å². The molecular weight excluding hydrogens is 373 g/mol. The van der Waals surface area contributed by atoms with Gasteiger partial charge >= 0.3 is 0 Å². The Hall–Kier alpha value is -2.93. The van der Waals surface area contributed by atoms with Gasteiger partial charge in [0, 0.05) is 6.54 Å². The zero-order chi connectivity index (χ0) is 20.6. The number of carbonyl (C=O) groups excluding carboxylic acids is 2. The highest BCUT2D eigenvalue weighted by atomic mass is 19.1. The molecule has 0 bridgehead atoms. The van der Waals surface area contributed by atoms with E-state index in [1.807, 2.05) is 24.3 Å². The minimum atomic E-state index is -0.613. The Labute approximate surface area is 170 Å². The number of rotatable bonds is 8. The highest BCUT2D eigenvalue weighted by molar-refractivity contribution is 5.96. The maximum atomic E-state index is 13.7. The van der Waals surface area contributed by atoms with E-state index in [-0.39, 0.29) is 24.1 Å². The predicted octanol–water partition coefficient (Wildman–Crippen LogP) is 2.52. The summed E-state index contributed by atoms with van der Waals surface area (Å²) >= 11 is 0. The van der Waals surface area contributed by atoms with Crippen LogP contribution in [0.3, 0.4) is 0 Å². The smallest absolute Gasteiger partial charge is 0.254 e. The van der Waals surface area contributed by atoms with Gasteiger partial charge in [0.2, 0.25) is 5.91 Å². The van der Waals surface area contributed by atoms with Crippen molar-refractivity contribution in [1.82, 2.24) is 15.5 Å². The van der Waals surface area contributed by atoms with E-state index in [0.717, 1.165) is 37.2 Å². The van der Waals surface area contributed by atoms with Crippen molar-refractivity contribution in [3.05, 3.63) is 65.5 Å². The molecule has 0 aromatic heterocycles. The Balaban J connectivity index is 1.58. The summed E-state index contributed by atoms with van der Waals surface area (Å²) in [5, 5.41) is 5.35. The summed E-state index contributed by atoms with van der Waals surface area (Å²) in [5.41, 5.74) is 0.994. The van der Waals surface area contributed by atoms with E-state index in [9.17, 15) is 14.0 Å². The molecule has 154 valence electrons. The third-order valence-corrected chi connectivity index (χ3v) is 5.08. The second-order valence-electron chi connectivity index (χ2n) is 7.00. The Morgan fingerprint density at radius 1 is 1.10 bits per heavy atom. The Morgan fingerprint density at radius 3 is 2.59 bits per heavy atom. The van der Waals surface area contributed by atoms with Gasteiger partial charge in [0.05, 0.1) is 25.3 Å². The first-order chi connectivity index (χ1) is 14.1. The van der Waals surface area contributed by atoms with Gasteiger partial charge in [0.15, 0.2) is 0 Å². The minimum absolute atomic E-state index is 0.0267. The third-order valence-electron chi connectivity index (χ3n) is 5.08. The molecule has 1 aliphatic rings. The van der Waals surface area contributed by atoms with Crippen LogP contribution in [-0.2, 0) is 4.79 Å². The van der Waals surface area contributed by atoms with Crippen LogP contribution >= 0.6 is 0 Å². The highest BCUT2D eigenvalue weighted by Crippen LogP contribution is 2.27. The summed E-state index contributed by atoms with van der Waals surface area (Å²) in [6.45, 7) is 2.16. The molecule has 1 heterocycles. The van der Waals surface area contributed by atoms with Crippen LogP contribution in [0.4, 0.5) is 4.39 Å². The average molecular weight is 399 g/mol. The van der Waals surface area contributed by atoms with E-state index in [1.165, 1.54) is 18.2 Å². The lowest BCUT2D eigenvalue weighted by Gasteiger charge is -2.28. The lowest BCUT2D eigenvalue weighted by atomic mass is 10.0. The van der Waals surface area contributed by atoms with E-state index in [4.69, 9.17) is 4.74 Å². The quantitative estimate of drug-likeness (QED) is 0.716. The molecule has 0 saturated carbocycles. The molecule has 7 heteroatoms. The second-order valence-corrected chi connectivity index (χ2v) is 7.00. The fraction of sp³-hybridized carbons (Fsp3) is 0.364. The first-order valence-electron chi connectivity index (χ1n) is 9.76. The molecule has 1 fully saturated rings. The van der Waals surface area contributed by atoms with Crippen molar-refractivity contribution in [3.63, 3.8) is 0 Å². The van der Waals surface area contributed by atoms with Gasteiger partial charge in [0.25, 0.3) is 5.91 Å². The normalized spacial score (nSPS) is 15.0. The predicted molar refractivity (Wildman–Crippen MR) is 108 cm³/mol. The molecule has 2 aromatic rings. The number of amides is 2. The number of nitrogens with one attached hydrogen (secondary N) is 2. The van der Waals surface area contributed by atoms with Crippen molar-refractivity contribution >= 4 is 11.8 Å². The summed E-state index contributed by atoms with van der Waals surface area (Å²) in [7, 11) is 1.63. The molecule has 0 aliphatic carbocycles. The molecule has 1 saturated heterocycles. The van der Waals surface area contributed by atoms with Gasteiger partial charge in [-0.05, 0) is 55.8 Å². The van der Waals surface area contributed by atoms with Crippen LogP contribution in [0, 0.1) is 5.82 Å². The molecule has 0 spiro atoms. The molecule has 2 aromatic carbocycles. The number of hydrogen-bond donors (Lipinski definition) is 2. The van der Waals surface area contributed by atoms with Gasteiger partial charge < -0.3 is 15.4 Å². The summed E-state index contributed by atoms with van der Waals surface area (Å²) < 4.78 is 19.0. The third kappa shape index (κ3) is 5.54. The van der Waals surface area contributed by atoms with Gasteiger partial charge in [-0.15, -0.1) is 0 Å². The van der Waals surface area contributed by atoms with Gasteiger partial charge in [-0.2, -0.15) is 0 Å². The highest BCUT2D eigenvalue weighted by Gasteiger charge is 2.24. The number of benzene rings is 2. The molecule has 6 nitrogen and oxygen atoms in total. The average Bonchev–Trinajstić information content (AvgIpc) is 3.27. The SMILES string of the molecule is COc1cccc(C(CNC(=O)CNC(=O)c2ccccc2F)N2CCCC2)c1. The molecule has 3 rings (SSSR count). The molecule has 1 unspecified atom stereocenters. The number of hydrogen-bond acceptors (Lipinski definition) is 4. The fourth-order valence-corrected chi connectivity index (χ4v) is 3.53. The molecule has 29 heavy (non-hydrogen) atoms. The van der Waals surface area contributed by atoms with E-state index < -0.39 is 11.7 Å². The minimum Gasteiger partial charge on any atom is -0.497 e. The molecule has 1 aliphatic heterocycles. The maximum Gasteiger partial charge on any atom is 0.254 e. The monoisotopic (exact) mass is 399 g/mol. The molecule has 2 amide bonds. The summed E-state index contributed by atoms with van der Waals surface area (Å²) in [4.78, 5) is 26.7. The van der Waals surface area contributed by atoms with Crippen molar-refractivity contribution in [1.29, 1.82) is 0 Å². The van der Waals surface area contributed by atoms with E-state index >= 15 is 0 Å². The van der Waals surface area contributed by atoms with Crippen LogP contribution < -0.4 is 15.4 Å². The van der Waals surface area contributed by atoms with Crippen molar-refractivity contribution in [2.75, 3.05) is 33.3 Å². The Morgan fingerprint density at radius 2 is 1.86 bits per heavy atom. The number of ether oxygens (including phenoxy) is 1. The number of nitrogens with zero attached hydrogens (tertiary/aromatic N) is 1. The van der Waals surface area contributed by atoms with Crippen molar-refractivity contribution < 1.29 is 18.7 Å². The largest absolute Gasteiger partial charge is 0.497 e. The summed E-state index contributed by atoms with van der Waals surface area (Å²) in [6, 6.07) is 13.5. The van der Waals surface area contributed by atoms with Crippen molar-refractivity contribution in [2.24, 2.45) is 0 Å². The molecule has 2 N–H and O–H groups in total. The molecule has 1 atom stereocenters. The second kappa shape index (κ2) is 10.0. The molecule has 0 radical (unpaired) electrons. The van der Waals surface area contributed by atoms with E-state index in [1.54, 1.807) is 13.2 Å². The van der Waals surface area contributed by atoms with Crippen LogP contribution in [0.15, 0.2) is 48.5 Å². The van der Waals surface area contributed by atoms with Crippen LogP contribution in [0.5, 0.6) is 5.75 Å². The number of likely N-dealkylation sites (tertiary alicyclic amines) is 1. The Kier molecular flexibility index (Phi) is 7.19. The standard InChI is InChI=1S/C22H26FN3O3/c1-29-17-8-6-7-16(13-17)20(26-11-4-5-12-26)14-24-21(27)15-25-22(28)18-9-2-3-10-19(18)23/h2-3,6-10,13,20H,4-5,11-12,14-15H2,1H3,(H,24,27)(H,25,28). The topological polar surface area (TPSA) is 70.7 Å². The number of methoxy groups -OCH3 is 1. The number of carbonyl (C=O) groups is 2. The lowest BCUT2D eigenvalue weighted by Crippen LogP contribution is -2.41.